The Morgan fingerprint density at radius 1 is 1.26 bits per heavy atom. The largest absolute Gasteiger partial charge is 0.480 e. The standard InChI is InChI=1S/C14H19NO4/c1-14(2,3)19-9-11(13(17)18)15-12(16)10-7-5-4-6-8-10/h4-8,11H,9H2,1-3H3,(H,15,16)(H,17,18)/t11-/m0/s1. The van der Waals surface area contributed by atoms with E-state index in [1.807, 2.05) is 20.8 Å². The number of aliphatic carboxylic acids is 1. The van der Waals surface area contributed by atoms with Crippen LogP contribution in [0.1, 0.15) is 31.1 Å². The maximum atomic E-state index is 11.9. The number of rotatable bonds is 5. The third kappa shape index (κ3) is 5.52. The Hall–Kier alpha value is -1.88. The summed E-state index contributed by atoms with van der Waals surface area (Å²) in [4.78, 5) is 22.9. The zero-order valence-corrected chi connectivity index (χ0v) is 11.3. The van der Waals surface area contributed by atoms with Crippen LogP contribution < -0.4 is 5.32 Å². The molecule has 0 aliphatic rings. The van der Waals surface area contributed by atoms with E-state index >= 15 is 0 Å². The Labute approximate surface area is 112 Å². The second-order valence-electron chi connectivity index (χ2n) is 5.15. The van der Waals surface area contributed by atoms with Crippen LogP contribution in [-0.2, 0) is 9.53 Å². The van der Waals surface area contributed by atoms with Crippen LogP contribution in [0.4, 0.5) is 0 Å². The van der Waals surface area contributed by atoms with Crippen LogP contribution in [0.25, 0.3) is 0 Å². The second-order valence-corrected chi connectivity index (χ2v) is 5.15. The van der Waals surface area contributed by atoms with Gasteiger partial charge in [0.05, 0.1) is 12.2 Å². The van der Waals surface area contributed by atoms with Crippen molar-refractivity contribution < 1.29 is 19.4 Å². The molecule has 5 heteroatoms. The molecule has 0 bridgehead atoms. The van der Waals surface area contributed by atoms with Gasteiger partial charge in [-0.15, -0.1) is 0 Å². The van der Waals surface area contributed by atoms with Gasteiger partial charge in [-0.3, -0.25) is 4.79 Å². The number of hydrogen-bond donors (Lipinski definition) is 2. The molecule has 5 nitrogen and oxygen atoms in total. The maximum absolute atomic E-state index is 11.9. The summed E-state index contributed by atoms with van der Waals surface area (Å²) in [7, 11) is 0. The minimum absolute atomic E-state index is 0.0720. The summed E-state index contributed by atoms with van der Waals surface area (Å²) < 4.78 is 5.39. The van der Waals surface area contributed by atoms with Crippen molar-refractivity contribution in [3.63, 3.8) is 0 Å². The fourth-order valence-electron chi connectivity index (χ4n) is 1.34. The van der Waals surface area contributed by atoms with Crippen LogP contribution in [0.5, 0.6) is 0 Å². The number of amides is 1. The fourth-order valence-corrected chi connectivity index (χ4v) is 1.34. The maximum Gasteiger partial charge on any atom is 0.328 e. The lowest BCUT2D eigenvalue weighted by Crippen LogP contribution is -2.45. The predicted octanol–water partition coefficient (Wildman–Crippen LogP) is 1.68. The number of benzene rings is 1. The van der Waals surface area contributed by atoms with Crippen molar-refractivity contribution in [2.24, 2.45) is 0 Å². The molecule has 0 saturated heterocycles. The van der Waals surface area contributed by atoms with E-state index in [2.05, 4.69) is 5.32 Å². The summed E-state index contributed by atoms with van der Waals surface area (Å²) in [5, 5.41) is 11.5. The Morgan fingerprint density at radius 3 is 2.32 bits per heavy atom. The number of carboxylic acid groups (broad SMARTS) is 1. The molecule has 1 aromatic carbocycles. The van der Waals surface area contributed by atoms with Crippen molar-refractivity contribution in [3.05, 3.63) is 35.9 Å². The smallest absolute Gasteiger partial charge is 0.328 e. The van der Waals surface area contributed by atoms with Gasteiger partial charge in [0, 0.05) is 5.56 Å². The number of carbonyl (C=O) groups excluding carboxylic acids is 1. The summed E-state index contributed by atoms with van der Waals surface area (Å²) >= 11 is 0. The van der Waals surface area contributed by atoms with Gasteiger partial charge in [-0.2, -0.15) is 0 Å². The quantitative estimate of drug-likeness (QED) is 0.849. The fraction of sp³-hybridized carbons (Fsp3) is 0.429. The summed E-state index contributed by atoms with van der Waals surface area (Å²) in [5.41, 5.74) is -0.0324. The zero-order valence-electron chi connectivity index (χ0n) is 11.3. The van der Waals surface area contributed by atoms with Crippen molar-refractivity contribution in [1.29, 1.82) is 0 Å². The highest BCUT2D eigenvalue weighted by Gasteiger charge is 2.23. The molecule has 2 N–H and O–H groups in total. The van der Waals surface area contributed by atoms with Crippen LogP contribution >= 0.6 is 0 Å². The summed E-state index contributed by atoms with van der Waals surface area (Å²) in [5.74, 6) is -1.54. The van der Waals surface area contributed by atoms with Gasteiger partial charge in [-0.25, -0.2) is 4.79 Å². The van der Waals surface area contributed by atoms with Crippen LogP contribution in [0.2, 0.25) is 0 Å². The van der Waals surface area contributed by atoms with Gasteiger partial charge in [0.1, 0.15) is 0 Å². The number of ether oxygens (including phenoxy) is 1. The summed E-state index contributed by atoms with van der Waals surface area (Å²) in [6.07, 6.45) is 0. The molecule has 1 aromatic rings. The van der Waals surface area contributed by atoms with Gasteiger partial charge < -0.3 is 15.2 Å². The molecule has 0 saturated carbocycles. The molecule has 1 amide bonds. The highest BCUT2D eigenvalue weighted by atomic mass is 16.5. The molecular weight excluding hydrogens is 246 g/mol. The lowest BCUT2D eigenvalue weighted by Gasteiger charge is -2.23. The van der Waals surface area contributed by atoms with E-state index in [4.69, 9.17) is 9.84 Å². The Morgan fingerprint density at radius 2 is 1.84 bits per heavy atom. The molecule has 0 radical (unpaired) electrons. The van der Waals surface area contributed by atoms with Gasteiger partial charge in [-0.1, -0.05) is 18.2 Å². The molecule has 0 aliphatic carbocycles. The first kappa shape index (κ1) is 15.2. The lowest BCUT2D eigenvalue weighted by atomic mass is 10.2. The number of nitrogens with one attached hydrogen (secondary N) is 1. The Kier molecular flexibility index (Phi) is 5.06. The van der Waals surface area contributed by atoms with E-state index in [-0.39, 0.29) is 6.61 Å². The average Bonchev–Trinajstić information content (AvgIpc) is 2.33. The first-order valence-corrected chi connectivity index (χ1v) is 6.02. The van der Waals surface area contributed by atoms with E-state index in [9.17, 15) is 9.59 Å². The summed E-state index contributed by atoms with van der Waals surface area (Å²) in [6.45, 7) is 5.40. The topological polar surface area (TPSA) is 75.6 Å². The minimum atomic E-state index is -1.12. The van der Waals surface area contributed by atoms with E-state index in [1.165, 1.54) is 0 Å². The van der Waals surface area contributed by atoms with E-state index in [0.29, 0.717) is 5.56 Å². The molecule has 0 fully saturated rings. The highest BCUT2D eigenvalue weighted by molar-refractivity contribution is 5.96. The van der Waals surface area contributed by atoms with Crippen LogP contribution in [0.3, 0.4) is 0 Å². The van der Waals surface area contributed by atoms with Gasteiger partial charge in [0.2, 0.25) is 0 Å². The van der Waals surface area contributed by atoms with Crippen molar-refractivity contribution >= 4 is 11.9 Å². The lowest BCUT2D eigenvalue weighted by molar-refractivity contribution is -0.142. The zero-order chi connectivity index (χ0) is 14.5. The highest BCUT2D eigenvalue weighted by Crippen LogP contribution is 2.07. The number of carboxylic acids is 1. The molecule has 0 aliphatic heterocycles. The first-order valence-electron chi connectivity index (χ1n) is 6.02. The third-order valence-corrected chi connectivity index (χ3v) is 2.32. The van der Waals surface area contributed by atoms with Crippen molar-refractivity contribution in [3.8, 4) is 0 Å². The first-order chi connectivity index (χ1) is 8.79. The van der Waals surface area contributed by atoms with Crippen LogP contribution in [-0.4, -0.2) is 35.2 Å². The van der Waals surface area contributed by atoms with Gasteiger partial charge in [0.15, 0.2) is 6.04 Å². The predicted molar refractivity (Wildman–Crippen MR) is 71.0 cm³/mol. The van der Waals surface area contributed by atoms with Crippen LogP contribution in [0.15, 0.2) is 30.3 Å². The SMILES string of the molecule is CC(C)(C)OC[C@H](NC(=O)c1ccccc1)C(=O)O. The molecule has 0 spiro atoms. The van der Waals surface area contributed by atoms with Gasteiger partial charge in [-0.05, 0) is 32.9 Å². The monoisotopic (exact) mass is 265 g/mol. The molecule has 0 heterocycles. The Balaban J connectivity index is 2.64. The average molecular weight is 265 g/mol. The third-order valence-electron chi connectivity index (χ3n) is 2.32. The molecule has 0 unspecified atom stereocenters. The molecular formula is C14H19NO4. The summed E-state index contributed by atoms with van der Waals surface area (Å²) in [6, 6.07) is 7.41. The van der Waals surface area contributed by atoms with E-state index < -0.39 is 23.5 Å². The Bertz CT molecular complexity index is 437. The number of carbonyl (C=O) groups is 2. The minimum Gasteiger partial charge on any atom is -0.480 e. The normalized spacial score (nSPS) is 12.8. The van der Waals surface area contributed by atoms with Crippen molar-refractivity contribution in [1.82, 2.24) is 5.32 Å². The molecule has 1 rings (SSSR count). The van der Waals surface area contributed by atoms with Gasteiger partial charge >= 0.3 is 5.97 Å². The molecule has 19 heavy (non-hydrogen) atoms. The van der Waals surface area contributed by atoms with Crippen LogP contribution in [0, 0.1) is 0 Å². The molecule has 104 valence electrons. The molecule has 1 atom stereocenters. The van der Waals surface area contributed by atoms with Gasteiger partial charge in [0.25, 0.3) is 5.91 Å². The van der Waals surface area contributed by atoms with Crippen molar-refractivity contribution in [2.75, 3.05) is 6.61 Å². The van der Waals surface area contributed by atoms with Crippen molar-refractivity contribution in [2.45, 2.75) is 32.4 Å². The second kappa shape index (κ2) is 6.33. The molecule has 0 aromatic heterocycles. The van der Waals surface area contributed by atoms with E-state index in [0.717, 1.165) is 0 Å². The van der Waals surface area contributed by atoms with E-state index in [1.54, 1.807) is 30.3 Å². The number of hydrogen-bond acceptors (Lipinski definition) is 3.